The molecule has 12 nitrogen and oxygen atoms in total. The number of nitrogens with zero attached hydrogens (tertiary/aromatic N) is 2. The first-order valence-corrected chi connectivity index (χ1v) is 26.7. The molecule has 376 valence electrons. The summed E-state index contributed by atoms with van der Waals surface area (Å²) in [5.74, 6) is 0. The van der Waals surface area contributed by atoms with Gasteiger partial charge in [0, 0.05) is 76.1 Å². The zero-order valence-corrected chi connectivity index (χ0v) is 47.8. The van der Waals surface area contributed by atoms with Gasteiger partial charge < -0.3 is 10.2 Å². The zero-order valence-electron chi connectivity index (χ0n) is 42.6. The van der Waals surface area contributed by atoms with Crippen LogP contribution in [-0.4, -0.2) is 98.1 Å². The Morgan fingerprint density at radius 2 is 0.915 bits per heavy atom. The monoisotopic (exact) mass is 1050 g/mol. The number of ether oxygens (including phenoxy) is 1. The van der Waals surface area contributed by atoms with E-state index in [4.69, 9.17) is 15.4 Å². The fourth-order valence-corrected chi connectivity index (χ4v) is 7.96. The molecule has 8 rings (SSSR count). The third kappa shape index (κ3) is 34.8. The maximum atomic E-state index is 12.1. The zero-order chi connectivity index (χ0) is 49.4. The van der Waals surface area contributed by atoms with E-state index < -0.39 is 29.1 Å². The first-order chi connectivity index (χ1) is 31.4. The molecule has 0 amide bonds. The number of halogens is 1. The molecule has 0 unspecified atom stereocenters. The first kappa shape index (κ1) is 83.7. The molecule has 3 heterocycles. The van der Waals surface area contributed by atoms with Crippen LogP contribution >= 0.6 is 10.7 Å². The van der Waals surface area contributed by atoms with Crippen LogP contribution in [-0.2, 0) is 38.6 Å². The van der Waals surface area contributed by atoms with Crippen LogP contribution in [0, 0.1) is 0 Å². The summed E-state index contributed by atoms with van der Waals surface area (Å²) in [4.78, 5) is 21.2. The van der Waals surface area contributed by atoms with Crippen LogP contribution in [0.5, 0.6) is 0 Å². The van der Waals surface area contributed by atoms with Crippen molar-refractivity contribution in [2.24, 2.45) is 0 Å². The third-order valence-corrected chi connectivity index (χ3v) is 12.3. The molecule has 3 aliphatic rings. The van der Waals surface area contributed by atoms with Gasteiger partial charge in [-0.1, -0.05) is 153 Å². The largest absolute Gasteiger partial charge is 1.00 e. The number of aldehydes is 2. The Kier molecular flexibility index (Phi) is 61.5. The summed E-state index contributed by atoms with van der Waals surface area (Å²) < 4.78 is 76.2. The molecule has 1 fully saturated rings. The van der Waals surface area contributed by atoms with Crippen molar-refractivity contribution in [2.75, 3.05) is 13.2 Å². The van der Waals surface area contributed by atoms with Gasteiger partial charge in [0.05, 0.1) is 20.4 Å². The molecular formula is C50H68B4ClN2NaO10S3. The smallest absolute Gasteiger partial charge is 0.870 e. The second-order valence-electron chi connectivity index (χ2n) is 11.6. The van der Waals surface area contributed by atoms with E-state index in [0.29, 0.717) is 11.2 Å². The Bertz CT molecular complexity index is 2420. The fraction of sp³-hybridized carbons (Fsp3) is 0.280. The minimum absolute atomic E-state index is 0. The quantitative estimate of drug-likeness (QED) is 0.0891. The van der Waals surface area contributed by atoms with Gasteiger partial charge in [0.25, 0.3) is 29.1 Å². The Morgan fingerprint density at radius 1 is 0.507 bits per heavy atom. The Balaban J connectivity index is -0.000000111. The Labute approximate surface area is 461 Å². The van der Waals surface area contributed by atoms with E-state index in [1.54, 1.807) is 78.9 Å². The van der Waals surface area contributed by atoms with Gasteiger partial charge in [-0.3, -0.25) is 9.59 Å². The van der Waals surface area contributed by atoms with Gasteiger partial charge in [-0.2, -0.15) is 0 Å². The number of aromatic nitrogens is 2. The predicted molar refractivity (Wildman–Crippen MR) is 293 cm³/mol. The Morgan fingerprint density at radius 3 is 1.20 bits per heavy atom. The van der Waals surface area contributed by atoms with Crippen molar-refractivity contribution in [1.29, 1.82) is 0 Å². The van der Waals surface area contributed by atoms with Gasteiger partial charge >= 0.3 is 29.6 Å². The molecule has 71 heavy (non-hydrogen) atoms. The summed E-state index contributed by atoms with van der Waals surface area (Å²) in [5.41, 5.74) is 0.990. The average Bonchev–Trinajstić information content (AvgIpc) is 4.23. The molecule has 0 spiro atoms. The SMILES string of the molecule is C1=CCC=C1.C1CCOC1.CC.CC.CC.CC.O=CC1=CC=CC1.O=Cc1cccn1S(=O)(=O)c1ccccc1.O=S(=O)(Cl)c1ccccc1.O=S(=O)(c1ccccc1)n1cccc1.[B].[B].[B].[B].[Na+].[OH-]. The molecule has 1 saturated heterocycles. The molecule has 2 aliphatic carbocycles. The number of hydrogen-bond acceptors (Lipinski definition) is 10. The van der Waals surface area contributed by atoms with Crippen molar-refractivity contribution in [3.63, 3.8) is 0 Å². The first-order valence-electron chi connectivity index (χ1n) is 21.5. The summed E-state index contributed by atoms with van der Waals surface area (Å²) in [5, 5.41) is 0. The molecule has 0 saturated carbocycles. The number of benzene rings is 3. The predicted octanol–water partition coefficient (Wildman–Crippen LogP) is 7.66. The van der Waals surface area contributed by atoms with Crippen LogP contribution in [0.25, 0.3) is 0 Å². The maximum absolute atomic E-state index is 12.1. The average molecular weight is 1050 g/mol. The summed E-state index contributed by atoms with van der Waals surface area (Å²) in [7, 11) is -5.53. The molecule has 2 aromatic heterocycles. The molecule has 12 radical (unpaired) electrons. The Hall–Kier alpha value is -4.16. The van der Waals surface area contributed by atoms with Gasteiger partial charge in [-0.25, -0.2) is 33.2 Å². The molecular weight excluding hydrogens is 986 g/mol. The molecule has 0 bridgehead atoms. The van der Waals surface area contributed by atoms with Crippen LogP contribution in [0.3, 0.4) is 0 Å². The molecule has 1 aliphatic heterocycles. The van der Waals surface area contributed by atoms with Crippen LogP contribution in [0.1, 0.15) is 91.6 Å². The van der Waals surface area contributed by atoms with E-state index in [-0.39, 0.29) is 84.2 Å². The van der Waals surface area contributed by atoms with Crippen LogP contribution < -0.4 is 29.6 Å². The van der Waals surface area contributed by atoms with Gasteiger partial charge in [0.1, 0.15) is 6.29 Å². The van der Waals surface area contributed by atoms with Gasteiger partial charge in [0.15, 0.2) is 6.29 Å². The van der Waals surface area contributed by atoms with Gasteiger partial charge in [0.2, 0.25) is 0 Å². The number of carbonyl (C=O) groups excluding carboxylic acids is 2. The fourth-order valence-electron chi connectivity index (χ4n) is 4.63. The molecule has 1 N–H and O–H groups in total. The van der Waals surface area contributed by atoms with E-state index in [1.807, 2.05) is 73.6 Å². The topological polar surface area (TPSA) is 186 Å². The minimum atomic E-state index is -3.65. The number of rotatable bonds is 7. The second kappa shape index (κ2) is 52.2. The van der Waals surface area contributed by atoms with Crippen molar-refractivity contribution in [1.82, 2.24) is 7.94 Å². The molecule has 0 atom stereocenters. The summed E-state index contributed by atoms with van der Waals surface area (Å²) in [6.07, 6.45) is 24.3. The third-order valence-electron chi connectivity index (χ3n) is 7.52. The van der Waals surface area contributed by atoms with Gasteiger partial charge in [-0.05, 0) is 91.9 Å². The van der Waals surface area contributed by atoms with E-state index in [0.717, 1.165) is 41.9 Å². The van der Waals surface area contributed by atoms with E-state index in [9.17, 15) is 34.8 Å². The summed E-state index contributed by atoms with van der Waals surface area (Å²) in [6, 6.07) is 30.5. The van der Waals surface area contributed by atoms with E-state index in [2.05, 4.69) is 24.3 Å². The van der Waals surface area contributed by atoms with Crippen molar-refractivity contribution >= 4 is 86.0 Å². The van der Waals surface area contributed by atoms with Crippen molar-refractivity contribution in [2.45, 2.75) is 95.8 Å². The van der Waals surface area contributed by atoms with E-state index in [1.165, 1.54) is 71.8 Å². The summed E-state index contributed by atoms with van der Waals surface area (Å²) in [6.45, 7) is 18.0. The van der Waals surface area contributed by atoms with Crippen molar-refractivity contribution in [3.8, 4) is 0 Å². The normalized spacial score (nSPS) is 11.3. The van der Waals surface area contributed by atoms with E-state index >= 15 is 0 Å². The minimum Gasteiger partial charge on any atom is -0.870 e. The standard InChI is InChI=1S/C11H9NO3S.C10H9NO2S.C6H5ClO2S.C6H6O.C5H6.C4H8O.4C2H6.4B.Na.H2O/c13-9-10-5-4-8-12(10)16(14,15)11-6-2-1-3-7-11;12-14(13,11-8-4-5-9-11)10-6-2-1-3-7-10;7-10(8,9)6-4-2-1-3-5-6;7-5-6-3-1-2-4-6;2*1-2-4-5-3-1;4*1-2;;;;;;/h1-9H;1-9H;1-5H;1-3,5H,4H2;1-4H,5H2;1-4H2;4*1-2H3;;;;;;1H2/q;;;;;;;;;;;;;;+1;/p-1. The molecule has 5 aromatic rings. The van der Waals surface area contributed by atoms with Crippen molar-refractivity contribution < 1.29 is 74.6 Å². The summed E-state index contributed by atoms with van der Waals surface area (Å²) >= 11 is 0. The molecule has 3 aromatic carbocycles. The number of hydrogen-bond donors (Lipinski definition) is 0. The van der Waals surface area contributed by atoms with Crippen LogP contribution in [0.4, 0.5) is 0 Å². The second-order valence-corrected chi connectivity index (χ2v) is 17.9. The maximum Gasteiger partial charge on any atom is 1.00 e. The number of allylic oxidation sites excluding steroid dienone is 8. The van der Waals surface area contributed by atoms with Crippen LogP contribution in [0.2, 0.25) is 0 Å². The van der Waals surface area contributed by atoms with Crippen molar-refractivity contribution in [3.05, 3.63) is 188 Å². The van der Waals surface area contributed by atoms with Crippen LogP contribution in [0.15, 0.2) is 197 Å². The number of carbonyl (C=O) groups is 2. The molecule has 21 heteroatoms. The van der Waals surface area contributed by atoms with Gasteiger partial charge in [-0.15, -0.1) is 0 Å².